The number of hydrogen-bond donors (Lipinski definition) is 2. The fourth-order valence-corrected chi connectivity index (χ4v) is 3.71. The van der Waals surface area contributed by atoms with Crippen LogP contribution in [-0.4, -0.2) is 40.6 Å². The van der Waals surface area contributed by atoms with Gasteiger partial charge in [-0.1, -0.05) is 12.1 Å². The van der Waals surface area contributed by atoms with Crippen LogP contribution in [0.4, 0.5) is 5.69 Å². The van der Waals surface area contributed by atoms with Crippen molar-refractivity contribution in [2.24, 2.45) is 7.05 Å². The normalized spacial score (nSPS) is 14.8. The number of imidazole rings is 1. The zero-order valence-corrected chi connectivity index (χ0v) is 17.9. The lowest BCUT2D eigenvalue weighted by Crippen LogP contribution is -2.44. The molecule has 3 heterocycles. The molecule has 0 unspecified atom stereocenters. The molecule has 4 aromatic rings. The van der Waals surface area contributed by atoms with Crippen molar-refractivity contribution in [3.8, 4) is 11.5 Å². The van der Waals surface area contributed by atoms with Gasteiger partial charge in [0.25, 0.3) is 11.8 Å². The van der Waals surface area contributed by atoms with Crippen molar-refractivity contribution in [2.45, 2.75) is 12.5 Å². The van der Waals surface area contributed by atoms with Crippen LogP contribution in [0.1, 0.15) is 16.4 Å². The summed E-state index contributed by atoms with van der Waals surface area (Å²) >= 11 is 0. The molecule has 168 valence electrons. The largest absolute Gasteiger partial charge is 0.485 e. The fraction of sp³-hybridized carbons (Fsp3) is 0.208. The van der Waals surface area contributed by atoms with Crippen molar-refractivity contribution in [1.82, 2.24) is 14.9 Å². The Morgan fingerprint density at radius 3 is 2.79 bits per heavy atom. The second-order valence-electron chi connectivity index (χ2n) is 7.63. The van der Waals surface area contributed by atoms with Crippen LogP contribution in [0, 0.1) is 0 Å². The molecule has 2 amide bonds. The average Bonchev–Trinajstić information content (AvgIpc) is 3.47. The van der Waals surface area contributed by atoms with Crippen LogP contribution in [0.2, 0.25) is 0 Å². The summed E-state index contributed by atoms with van der Waals surface area (Å²) in [4.78, 5) is 29.4. The zero-order chi connectivity index (χ0) is 22.8. The Bertz CT molecular complexity index is 1310. The molecule has 2 N–H and O–H groups in total. The van der Waals surface area contributed by atoms with Crippen molar-refractivity contribution < 1.29 is 23.5 Å². The molecule has 2 aromatic heterocycles. The molecule has 9 heteroatoms. The van der Waals surface area contributed by atoms with E-state index in [9.17, 15) is 9.59 Å². The number of fused-ring (bicyclic) bond motifs is 2. The molecule has 0 aliphatic carbocycles. The lowest BCUT2D eigenvalue weighted by atomic mass is 10.2. The van der Waals surface area contributed by atoms with Gasteiger partial charge >= 0.3 is 0 Å². The molecule has 0 spiro atoms. The van der Waals surface area contributed by atoms with E-state index in [1.54, 1.807) is 18.2 Å². The number of furan rings is 1. The summed E-state index contributed by atoms with van der Waals surface area (Å²) in [6.45, 7) is 0.571. The molecule has 33 heavy (non-hydrogen) atoms. The van der Waals surface area contributed by atoms with Gasteiger partial charge in [-0.25, -0.2) is 4.98 Å². The molecule has 1 aliphatic rings. The van der Waals surface area contributed by atoms with Crippen molar-refractivity contribution in [1.29, 1.82) is 0 Å². The Hall–Kier alpha value is -4.27. The molecular weight excluding hydrogens is 424 g/mol. The number of carbonyl (C=O) groups is 2. The molecule has 5 rings (SSSR count). The first-order valence-corrected chi connectivity index (χ1v) is 10.5. The number of ether oxygens (including phenoxy) is 2. The standard InChI is InChI=1S/C24H22N4O5/c1-28-17-9-8-15(26-24(30)20-7-4-12-31-20)13-16(17)27-22(28)10-11-25-23(29)21-14-32-18-5-2-3-6-19(18)33-21/h2-9,12-13,21H,10-11,14H2,1H3,(H,25,29)(H,26,30)/t21-/m0/s1. The minimum atomic E-state index is -0.694. The van der Waals surface area contributed by atoms with E-state index in [0.29, 0.717) is 30.2 Å². The summed E-state index contributed by atoms with van der Waals surface area (Å²) in [5, 5.41) is 5.69. The lowest BCUT2D eigenvalue weighted by molar-refractivity contribution is -0.130. The first-order chi connectivity index (χ1) is 16.1. The maximum Gasteiger partial charge on any atom is 0.291 e. The second kappa shape index (κ2) is 8.70. The van der Waals surface area contributed by atoms with Crippen LogP contribution in [0.3, 0.4) is 0 Å². The Morgan fingerprint density at radius 1 is 1.12 bits per heavy atom. The summed E-state index contributed by atoms with van der Waals surface area (Å²) < 4.78 is 18.4. The number of benzene rings is 2. The van der Waals surface area contributed by atoms with Crippen molar-refractivity contribution in [2.75, 3.05) is 18.5 Å². The maximum atomic E-state index is 12.5. The number of amides is 2. The first-order valence-electron chi connectivity index (χ1n) is 10.5. The zero-order valence-electron chi connectivity index (χ0n) is 17.9. The highest BCUT2D eigenvalue weighted by atomic mass is 16.6. The molecule has 1 atom stereocenters. The van der Waals surface area contributed by atoms with Gasteiger partial charge in [-0.3, -0.25) is 9.59 Å². The molecule has 1 aliphatic heterocycles. The van der Waals surface area contributed by atoms with Crippen molar-refractivity contribution in [3.05, 3.63) is 72.4 Å². The van der Waals surface area contributed by atoms with Crippen molar-refractivity contribution in [3.63, 3.8) is 0 Å². The van der Waals surface area contributed by atoms with E-state index in [0.717, 1.165) is 16.9 Å². The SMILES string of the molecule is Cn1c(CCNC(=O)[C@@H]2COc3ccccc3O2)nc2cc(NC(=O)c3ccco3)ccc21. The second-order valence-corrected chi connectivity index (χ2v) is 7.63. The number of rotatable bonds is 6. The van der Waals surface area contributed by atoms with E-state index in [2.05, 4.69) is 15.6 Å². The summed E-state index contributed by atoms with van der Waals surface area (Å²) in [6, 6.07) is 16.1. The van der Waals surface area contributed by atoms with E-state index in [1.165, 1.54) is 6.26 Å². The van der Waals surface area contributed by atoms with Crippen LogP contribution in [-0.2, 0) is 18.3 Å². The predicted octanol–water partition coefficient (Wildman–Crippen LogP) is 2.92. The van der Waals surface area contributed by atoms with Crippen LogP contribution in [0.25, 0.3) is 11.0 Å². The Morgan fingerprint density at radius 2 is 1.97 bits per heavy atom. The quantitative estimate of drug-likeness (QED) is 0.472. The van der Waals surface area contributed by atoms with Gasteiger partial charge in [0.1, 0.15) is 12.4 Å². The highest BCUT2D eigenvalue weighted by Gasteiger charge is 2.27. The van der Waals surface area contributed by atoms with Gasteiger partial charge in [-0.15, -0.1) is 0 Å². The van der Waals surface area contributed by atoms with Gasteiger partial charge in [0, 0.05) is 25.7 Å². The number of anilines is 1. The number of nitrogens with one attached hydrogen (secondary N) is 2. The third-order valence-electron chi connectivity index (χ3n) is 5.43. The number of carbonyl (C=O) groups excluding carboxylic acids is 2. The molecule has 0 radical (unpaired) electrons. The summed E-state index contributed by atoms with van der Waals surface area (Å²) in [5.74, 6) is 1.70. The number of aromatic nitrogens is 2. The molecular formula is C24H22N4O5. The molecule has 2 aromatic carbocycles. The van der Waals surface area contributed by atoms with E-state index >= 15 is 0 Å². The molecule has 0 saturated carbocycles. The number of nitrogens with zero attached hydrogens (tertiary/aromatic N) is 2. The monoisotopic (exact) mass is 446 g/mol. The van der Waals surface area contributed by atoms with Gasteiger partial charge in [0.05, 0.1) is 17.3 Å². The minimum absolute atomic E-state index is 0.168. The topological polar surface area (TPSA) is 108 Å². The van der Waals surface area contributed by atoms with E-state index in [4.69, 9.17) is 13.9 Å². The summed E-state index contributed by atoms with van der Waals surface area (Å²) in [5.41, 5.74) is 2.29. The fourth-order valence-electron chi connectivity index (χ4n) is 3.71. The number of hydrogen-bond acceptors (Lipinski definition) is 6. The summed E-state index contributed by atoms with van der Waals surface area (Å²) in [7, 11) is 1.92. The van der Waals surface area contributed by atoms with Crippen LogP contribution in [0.15, 0.2) is 65.3 Å². The average molecular weight is 446 g/mol. The molecule has 0 fully saturated rings. The van der Waals surface area contributed by atoms with Gasteiger partial charge in [-0.2, -0.15) is 0 Å². The van der Waals surface area contributed by atoms with Crippen molar-refractivity contribution >= 4 is 28.5 Å². The van der Waals surface area contributed by atoms with E-state index in [1.807, 2.05) is 48.0 Å². The van der Waals surface area contributed by atoms with Gasteiger partial charge in [-0.05, 0) is 42.5 Å². The van der Waals surface area contributed by atoms with Crippen LogP contribution >= 0.6 is 0 Å². The van der Waals surface area contributed by atoms with Gasteiger partial charge in [0.2, 0.25) is 6.10 Å². The summed E-state index contributed by atoms with van der Waals surface area (Å²) in [6.07, 6.45) is 1.30. The van der Waals surface area contributed by atoms with Crippen LogP contribution < -0.4 is 20.1 Å². The van der Waals surface area contributed by atoms with Gasteiger partial charge < -0.3 is 29.1 Å². The third kappa shape index (κ3) is 4.25. The molecule has 0 bridgehead atoms. The van der Waals surface area contributed by atoms with Gasteiger partial charge in [0.15, 0.2) is 17.3 Å². The smallest absolute Gasteiger partial charge is 0.291 e. The third-order valence-corrected chi connectivity index (χ3v) is 5.43. The highest BCUT2D eigenvalue weighted by molar-refractivity contribution is 6.03. The number of aryl methyl sites for hydroxylation is 1. The Balaban J connectivity index is 1.20. The lowest BCUT2D eigenvalue weighted by Gasteiger charge is -2.25. The Kier molecular flexibility index (Phi) is 5.43. The maximum absolute atomic E-state index is 12.5. The Labute approximate surface area is 189 Å². The molecule has 0 saturated heterocycles. The van der Waals surface area contributed by atoms with E-state index in [-0.39, 0.29) is 24.2 Å². The van der Waals surface area contributed by atoms with E-state index < -0.39 is 6.10 Å². The predicted molar refractivity (Wildman–Crippen MR) is 120 cm³/mol. The number of para-hydroxylation sites is 2. The van der Waals surface area contributed by atoms with Crippen LogP contribution in [0.5, 0.6) is 11.5 Å². The molecule has 9 nitrogen and oxygen atoms in total. The minimum Gasteiger partial charge on any atom is -0.485 e. The highest BCUT2D eigenvalue weighted by Crippen LogP contribution is 2.30. The first kappa shape index (κ1) is 20.6.